The van der Waals surface area contributed by atoms with Crippen molar-refractivity contribution in [3.63, 3.8) is 0 Å². The fraction of sp³-hybridized carbons (Fsp3) is 0.435. The number of alkyl halides is 3. The molecule has 162 valence electrons. The van der Waals surface area contributed by atoms with Crippen molar-refractivity contribution < 1.29 is 18.0 Å². The van der Waals surface area contributed by atoms with Gasteiger partial charge in [0.15, 0.2) is 11.3 Å². The zero-order valence-electron chi connectivity index (χ0n) is 17.1. The highest BCUT2D eigenvalue weighted by Gasteiger charge is 2.42. The Balaban J connectivity index is 1.51. The molecule has 0 saturated heterocycles. The van der Waals surface area contributed by atoms with Crippen molar-refractivity contribution in [1.82, 2.24) is 19.9 Å². The minimum absolute atomic E-state index is 0.0443. The van der Waals surface area contributed by atoms with E-state index in [0.29, 0.717) is 21.9 Å². The molecule has 3 aromatic rings. The summed E-state index contributed by atoms with van der Waals surface area (Å²) in [5, 5.41) is 6.86. The molecule has 5 rings (SSSR count). The molecule has 0 unspecified atom stereocenters. The van der Waals surface area contributed by atoms with Crippen LogP contribution in [0.25, 0.3) is 16.9 Å². The lowest BCUT2D eigenvalue weighted by Crippen LogP contribution is -2.40. The van der Waals surface area contributed by atoms with Crippen LogP contribution in [-0.2, 0) is 6.18 Å². The molecule has 2 aromatic heterocycles. The lowest BCUT2D eigenvalue weighted by atomic mass is 9.84. The second-order valence-corrected chi connectivity index (χ2v) is 8.78. The van der Waals surface area contributed by atoms with Crippen molar-refractivity contribution in [3.8, 4) is 11.3 Å². The van der Waals surface area contributed by atoms with Crippen molar-refractivity contribution in [2.75, 3.05) is 0 Å². The maximum absolute atomic E-state index is 13.7. The normalized spacial score (nSPS) is 23.9. The number of nitrogens with zero attached hydrogens (tertiary/aromatic N) is 3. The minimum Gasteiger partial charge on any atom is -0.349 e. The molecule has 2 aliphatic rings. The lowest BCUT2D eigenvalue weighted by molar-refractivity contribution is -0.142. The summed E-state index contributed by atoms with van der Waals surface area (Å²) in [7, 11) is 0. The van der Waals surface area contributed by atoms with Gasteiger partial charge in [-0.05, 0) is 50.0 Å². The molecular formula is C23H23F3N4O. The molecule has 0 spiro atoms. The second-order valence-electron chi connectivity index (χ2n) is 8.78. The average Bonchev–Trinajstić information content (AvgIpc) is 3.48. The van der Waals surface area contributed by atoms with Crippen LogP contribution in [0.3, 0.4) is 0 Å². The third kappa shape index (κ3) is 3.58. The maximum Gasteiger partial charge on any atom is 0.433 e. The van der Waals surface area contributed by atoms with Gasteiger partial charge in [-0.15, -0.1) is 0 Å². The molecule has 0 radical (unpaired) electrons. The Kier molecular flexibility index (Phi) is 4.75. The van der Waals surface area contributed by atoms with Crippen molar-refractivity contribution >= 4 is 11.6 Å². The monoisotopic (exact) mass is 428 g/mol. The van der Waals surface area contributed by atoms with Crippen LogP contribution in [0.4, 0.5) is 13.2 Å². The molecule has 4 atom stereocenters. The Morgan fingerprint density at radius 2 is 1.97 bits per heavy atom. The van der Waals surface area contributed by atoms with E-state index in [-0.39, 0.29) is 22.9 Å². The second kappa shape index (κ2) is 7.35. The summed E-state index contributed by atoms with van der Waals surface area (Å²) in [6.07, 6.45) is 1.33. The number of hydrogen-bond acceptors (Lipinski definition) is 3. The Hall–Kier alpha value is -2.90. The van der Waals surface area contributed by atoms with Gasteiger partial charge in [-0.25, -0.2) is 9.50 Å². The van der Waals surface area contributed by atoms with Crippen LogP contribution in [0.5, 0.6) is 0 Å². The van der Waals surface area contributed by atoms with Crippen molar-refractivity contribution in [2.45, 2.75) is 44.8 Å². The van der Waals surface area contributed by atoms with Crippen molar-refractivity contribution in [2.24, 2.45) is 17.8 Å². The molecular weight excluding hydrogens is 405 g/mol. The predicted octanol–water partition coefficient (Wildman–Crippen LogP) is 4.97. The zero-order valence-corrected chi connectivity index (χ0v) is 17.1. The number of rotatable bonds is 4. The Bertz CT molecular complexity index is 1130. The van der Waals surface area contributed by atoms with Gasteiger partial charge in [-0.3, -0.25) is 4.79 Å². The number of halogens is 3. The largest absolute Gasteiger partial charge is 0.433 e. The quantitative estimate of drug-likeness (QED) is 0.638. The molecule has 8 heteroatoms. The molecule has 1 N–H and O–H groups in total. The highest BCUT2D eigenvalue weighted by molar-refractivity contribution is 6.00. The molecule has 2 fully saturated rings. The third-order valence-corrected chi connectivity index (χ3v) is 6.87. The predicted molar refractivity (Wildman–Crippen MR) is 109 cm³/mol. The molecule has 0 aliphatic heterocycles. The van der Waals surface area contributed by atoms with Crippen molar-refractivity contribution in [3.05, 3.63) is 53.9 Å². The fourth-order valence-electron chi connectivity index (χ4n) is 5.38. The summed E-state index contributed by atoms with van der Waals surface area (Å²) in [4.78, 5) is 17.4. The first kappa shape index (κ1) is 20.0. The SMILES string of the molecule is C[C@H](NC(=O)c1cnn2c(C(F)(F)F)cc(-c3ccccc3)nc12)[C@@H]1C[C@@H]2CC[C@@H]1C2. The van der Waals surface area contributed by atoms with E-state index in [4.69, 9.17) is 0 Å². The third-order valence-electron chi connectivity index (χ3n) is 6.87. The number of carbonyl (C=O) groups is 1. The van der Waals surface area contributed by atoms with Gasteiger partial charge >= 0.3 is 6.18 Å². The molecule has 2 aliphatic carbocycles. The Morgan fingerprint density at radius 1 is 1.19 bits per heavy atom. The summed E-state index contributed by atoms with van der Waals surface area (Å²) < 4.78 is 41.9. The molecule has 5 nitrogen and oxygen atoms in total. The van der Waals surface area contributed by atoms with Gasteiger partial charge in [-0.2, -0.15) is 18.3 Å². The number of amides is 1. The summed E-state index contributed by atoms with van der Waals surface area (Å²) in [6, 6.07) is 9.54. The van der Waals surface area contributed by atoms with E-state index < -0.39 is 17.8 Å². The highest BCUT2D eigenvalue weighted by Crippen LogP contribution is 2.49. The van der Waals surface area contributed by atoms with Crippen LogP contribution in [0.15, 0.2) is 42.6 Å². The Labute approximate surface area is 177 Å². The van der Waals surface area contributed by atoms with Gasteiger partial charge in [-0.1, -0.05) is 36.8 Å². The van der Waals surface area contributed by atoms with Gasteiger partial charge in [0.1, 0.15) is 5.56 Å². The van der Waals surface area contributed by atoms with Crippen LogP contribution in [0, 0.1) is 17.8 Å². The van der Waals surface area contributed by atoms with E-state index in [1.807, 2.05) is 6.92 Å². The van der Waals surface area contributed by atoms with E-state index in [1.165, 1.54) is 25.5 Å². The number of fused-ring (bicyclic) bond motifs is 3. The molecule has 31 heavy (non-hydrogen) atoms. The van der Waals surface area contributed by atoms with Crippen LogP contribution in [0.2, 0.25) is 0 Å². The molecule has 1 aromatic carbocycles. The first-order valence-corrected chi connectivity index (χ1v) is 10.6. The number of carbonyl (C=O) groups excluding carboxylic acids is 1. The summed E-state index contributed by atoms with van der Waals surface area (Å²) >= 11 is 0. The molecule has 2 heterocycles. The smallest absolute Gasteiger partial charge is 0.349 e. The van der Waals surface area contributed by atoms with Gasteiger partial charge in [0.25, 0.3) is 5.91 Å². The number of benzene rings is 1. The topological polar surface area (TPSA) is 59.3 Å². The lowest BCUT2D eigenvalue weighted by Gasteiger charge is -2.28. The fourth-order valence-corrected chi connectivity index (χ4v) is 5.38. The summed E-state index contributed by atoms with van der Waals surface area (Å²) in [6.45, 7) is 1.99. The number of nitrogens with one attached hydrogen (secondary N) is 1. The van der Waals surface area contributed by atoms with Crippen LogP contribution < -0.4 is 5.32 Å². The van der Waals surface area contributed by atoms with Gasteiger partial charge in [0, 0.05) is 11.6 Å². The molecule has 1 amide bonds. The standard InChI is InChI=1S/C23H23F3N4O/c1-13(17-10-14-7-8-16(17)9-14)28-22(31)18-12-27-30-20(23(24,25)26)11-19(29-21(18)30)15-5-3-2-4-6-15/h2-6,11-14,16-17H,7-10H2,1H3,(H,28,31)/t13-,14+,16+,17-/m0/s1. The maximum atomic E-state index is 13.7. The van der Waals surface area contributed by atoms with E-state index in [0.717, 1.165) is 18.4 Å². The summed E-state index contributed by atoms with van der Waals surface area (Å²) in [5.41, 5.74) is -0.310. The highest BCUT2D eigenvalue weighted by atomic mass is 19.4. The van der Waals surface area contributed by atoms with Crippen molar-refractivity contribution in [1.29, 1.82) is 0 Å². The van der Waals surface area contributed by atoms with E-state index in [2.05, 4.69) is 15.4 Å². The summed E-state index contributed by atoms with van der Waals surface area (Å²) in [5.74, 6) is 1.36. The number of hydrogen-bond donors (Lipinski definition) is 1. The minimum atomic E-state index is -4.64. The first-order valence-electron chi connectivity index (χ1n) is 10.6. The van der Waals surface area contributed by atoms with Gasteiger partial charge in [0.05, 0.1) is 11.9 Å². The van der Waals surface area contributed by atoms with Crippen LogP contribution >= 0.6 is 0 Å². The first-order chi connectivity index (χ1) is 14.8. The molecule has 2 saturated carbocycles. The molecule has 2 bridgehead atoms. The average molecular weight is 428 g/mol. The van der Waals surface area contributed by atoms with Crippen LogP contribution in [0.1, 0.15) is 48.7 Å². The van der Waals surface area contributed by atoms with E-state index in [9.17, 15) is 18.0 Å². The Morgan fingerprint density at radius 3 is 2.61 bits per heavy atom. The zero-order chi connectivity index (χ0) is 21.8. The van der Waals surface area contributed by atoms with E-state index >= 15 is 0 Å². The van der Waals surface area contributed by atoms with E-state index in [1.54, 1.807) is 30.3 Å². The van der Waals surface area contributed by atoms with Crippen LogP contribution in [-0.4, -0.2) is 26.5 Å². The van der Waals surface area contributed by atoms with Gasteiger partial charge < -0.3 is 5.32 Å². The van der Waals surface area contributed by atoms with Gasteiger partial charge in [0.2, 0.25) is 0 Å². The number of aromatic nitrogens is 3.